The van der Waals surface area contributed by atoms with Gasteiger partial charge in [-0.3, -0.25) is 0 Å². The number of nitrogens with one attached hydrogen (secondary N) is 1. The van der Waals surface area contributed by atoms with Crippen molar-refractivity contribution < 1.29 is 17.9 Å². The number of halogens is 3. The van der Waals surface area contributed by atoms with Crippen molar-refractivity contribution >= 4 is 0 Å². The molecule has 0 spiro atoms. The number of rotatable bonds is 10. The van der Waals surface area contributed by atoms with Crippen molar-refractivity contribution in [1.82, 2.24) is 5.32 Å². The Morgan fingerprint density at radius 2 is 1.82 bits per heavy atom. The lowest BCUT2D eigenvalue weighted by Gasteiger charge is -2.18. The van der Waals surface area contributed by atoms with Crippen LogP contribution in [-0.4, -0.2) is 32.0 Å². The maximum absolute atomic E-state index is 11.8. The summed E-state index contributed by atoms with van der Waals surface area (Å²) in [6, 6.07) is 0.278. The molecular weight excluding hydrogens is 231 g/mol. The highest BCUT2D eigenvalue weighted by Crippen LogP contribution is 2.15. The molecule has 17 heavy (non-hydrogen) atoms. The van der Waals surface area contributed by atoms with Gasteiger partial charge in [0.1, 0.15) is 6.61 Å². The molecule has 0 aromatic heterocycles. The molecule has 0 saturated heterocycles. The van der Waals surface area contributed by atoms with Gasteiger partial charge >= 0.3 is 6.18 Å². The molecule has 0 aliphatic carbocycles. The van der Waals surface area contributed by atoms with E-state index < -0.39 is 12.8 Å². The second kappa shape index (κ2) is 9.71. The average Bonchev–Trinajstić information content (AvgIpc) is 2.23. The van der Waals surface area contributed by atoms with Crippen molar-refractivity contribution in [3.63, 3.8) is 0 Å². The minimum atomic E-state index is -4.21. The number of ether oxygens (including phenoxy) is 1. The van der Waals surface area contributed by atoms with E-state index in [1.54, 1.807) is 0 Å². The normalized spacial score (nSPS) is 13.9. The van der Waals surface area contributed by atoms with Crippen LogP contribution < -0.4 is 5.32 Å². The van der Waals surface area contributed by atoms with E-state index in [9.17, 15) is 13.2 Å². The molecule has 104 valence electrons. The second-order valence-corrected chi connectivity index (χ2v) is 4.21. The van der Waals surface area contributed by atoms with Crippen LogP contribution in [0.4, 0.5) is 13.2 Å². The van der Waals surface area contributed by atoms with Crippen LogP contribution in [0.2, 0.25) is 0 Å². The summed E-state index contributed by atoms with van der Waals surface area (Å²) in [6.07, 6.45) is 0.892. The molecule has 0 heterocycles. The Kier molecular flexibility index (Phi) is 9.55. The summed E-state index contributed by atoms with van der Waals surface area (Å²) in [4.78, 5) is 0. The highest BCUT2D eigenvalue weighted by molar-refractivity contribution is 4.66. The van der Waals surface area contributed by atoms with Gasteiger partial charge in [0.05, 0.1) is 0 Å². The molecule has 0 radical (unpaired) electrons. The zero-order chi connectivity index (χ0) is 13.1. The highest BCUT2D eigenvalue weighted by Gasteiger charge is 2.27. The number of hydrogen-bond acceptors (Lipinski definition) is 2. The molecule has 0 aromatic carbocycles. The van der Waals surface area contributed by atoms with Gasteiger partial charge in [-0.15, -0.1) is 0 Å². The summed E-state index contributed by atoms with van der Waals surface area (Å²) in [5.74, 6) is 0. The summed E-state index contributed by atoms with van der Waals surface area (Å²) in [5, 5.41) is 3.28. The molecule has 2 nitrogen and oxygen atoms in total. The molecule has 1 N–H and O–H groups in total. The molecule has 0 aromatic rings. The molecule has 1 atom stereocenters. The molecule has 0 amide bonds. The molecule has 0 bridgehead atoms. The van der Waals surface area contributed by atoms with Crippen LogP contribution in [-0.2, 0) is 4.74 Å². The second-order valence-electron chi connectivity index (χ2n) is 4.21. The van der Waals surface area contributed by atoms with Crippen molar-refractivity contribution in [2.75, 3.05) is 19.8 Å². The van der Waals surface area contributed by atoms with Crippen LogP contribution in [0.3, 0.4) is 0 Å². The Bertz CT molecular complexity index is 174. The first-order valence-electron chi connectivity index (χ1n) is 6.37. The van der Waals surface area contributed by atoms with Crippen molar-refractivity contribution in [2.24, 2.45) is 0 Å². The molecule has 0 fully saturated rings. The van der Waals surface area contributed by atoms with E-state index in [0.29, 0.717) is 6.42 Å². The SMILES string of the molecule is CCCCCC(CCOCC(F)(F)F)NCC. The molecular formula is C12H24F3NO. The minimum absolute atomic E-state index is 0.170. The van der Waals surface area contributed by atoms with E-state index in [4.69, 9.17) is 0 Å². The Morgan fingerprint density at radius 3 is 2.35 bits per heavy atom. The third kappa shape index (κ3) is 12.0. The van der Waals surface area contributed by atoms with Crippen LogP contribution >= 0.6 is 0 Å². The maximum Gasteiger partial charge on any atom is 0.411 e. The smallest absolute Gasteiger partial charge is 0.372 e. The van der Waals surface area contributed by atoms with Gasteiger partial charge in [-0.1, -0.05) is 33.1 Å². The third-order valence-electron chi connectivity index (χ3n) is 2.53. The fourth-order valence-corrected chi connectivity index (χ4v) is 1.69. The fraction of sp³-hybridized carbons (Fsp3) is 1.00. The van der Waals surface area contributed by atoms with Gasteiger partial charge in [-0.05, 0) is 19.4 Å². The lowest BCUT2D eigenvalue weighted by molar-refractivity contribution is -0.174. The van der Waals surface area contributed by atoms with Gasteiger partial charge in [0.15, 0.2) is 0 Å². The summed E-state index contributed by atoms with van der Waals surface area (Å²) in [7, 11) is 0. The first-order chi connectivity index (χ1) is 7.99. The summed E-state index contributed by atoms with van der Waals surface area (Å²) in [6.45, 7) is 4.01. The van der Waals surface area contributed by atoms with E-state index in [-0.39, 0.29) is 12.6 Å². The molecule has 1 unspecified atom stereocenters. The predicted octanol–water partition coefficient (Wildman–Crippen LogP) is 3.51. The van der Waals surface area contributed by atoms with Crippen molar-refractivity contribution in [1.29, 1.82) is 0 Å². The van der Waals surface area contributed by atoms with Gasteiger partial charge in [0.2, 0.25) is 0 Å². The molecule has 0 aliphatic heterocycles. The van der Waals surface area contributed by atoms with Gasteiger partial charge in [-0.25, -0.2) is 0 Å². The zero-order valence-electron chi connectivity index (χ0n) is 10.8. The fourth-order valence-electron chi connectivity index (χ4n) is 1.69. The quantitative estimate of drug-likeness (QED) is 0.603. The molecule has 5 heteroatoms. The van der Waals surface area contributed by atoms with Crippen LogP contribution in [0.5, 0.6) is 0 Å². The summed E-state index contributed by atoms with van der Waals surface area (Å²) < 4.78 is 40.1. The first kappa shape index (κ1) is 16.7. The van der Waals surface area contributed by atoms with Gasteiger partial charge in [-0.2, -0.15) is 13.2 Å². The van der Waals surface area contributed by atoms with Gasteiger partial charge in [0, 0.05) is 12.6 Å². The van der Waals surface area contributed by atoms with Crippen molar-refractivity contribution in [3.05, 3.63) is 0 Å². The van der Waals surface area contributed by atoms with E-state index in [2.05, 4.69) is 17.0 Å². The summed E-state index contributed by atoms with van der Waals surface area (Å²) >= 11 is 0. The Morgan fingerprint density at radius 1 is 1.12 bits per heavy atom. The van der Waals surface area contributed by atoms with Crippen LogP contribution in [0.15, 0.2) is 0 Å². The largest absolute Gasteiger partial charge is 0.411 e. The molecule has 0 aliphatic rings. The minimum Gasteiger partial charge on any atom is -0.372 e. The van der Waals surface area contributed by atoms with E-state index in [1.807, 2.05) is 6.92 Å². The topological polar surface area (TPSA) is 21.3 Å². The van der Waals surface area contributed by atoms with E-state index >= 15 is 0 Å². The van der Waals surface area contributed by atoms with Gasteiger partial charge in [0.25, 0.3) is 0 Å². The Hall–Kier alpha value is -0.290. The maximum atomic E-state index is 11.8. The Labute approximate surface area is 102 Å². The lowest BCUT2D eigenvalue weighted by atomic mass is 10.1. The highest BCUT2D eigenvalue weighted by atomic mass is 19.4. The first-order valence-corrected chi connectivity index (χ1v) is 6.37. The predicted molar refractivity (Wildman–Crippen MR) is 63.1 cm³/mol. The average molecular weight is 255 g/mol. The molecule has 0 saturated carbocycles. The monoisotopic (exact) mass is 255 g/mol. The van der Waals surface area contributed by atoms with Crippen LogP contribution in [0.25, 0.3) is 0 Å². The van der Waals surface area contributed by atoms with Crippen LogP contribution in [0, 0.1) is 0 Å². The number of unbranched alkanes of at least 4 members (excludes halogenated alkanes) is 2. The van der Waals surface area contributed by atoms with Crippen molar-refractivity contribution in [3.8, 4) is 0 Å². The van der Waals surface area contributed by atoms with E-state index in [0.717, 1.165) is 25.8 Å². The lowest BCUT2D eigenvalue weighted by Crippen LogP contribution is -2.30. The number of hydrogen-bond donors (Lipinski definition) is 1. The van der Waals surface area contributed by atoms with E-state index in [1.165, 1.54) is 6.42 Å². The summed E-state index contributed by atoms with van der Waals surface area (Å²) in [5.41, 5.74) is 0. The molecule has 0 rings (SSSR count). The third-order valence-corrected chi connectivity index (χ3v) is 2.53. The standard InChI is InChI=1S/C12H24F3NO/c1-3-5-6-7-11(16-4-2)8-9-17-10-12(13,14)15/h11,16H,3-10H2,1-2H3. The van der Waals surface area contributed by atoms with Gasteiger partial charge < -0.3 is 10.1 Å². The Balaban J connectivity index is 3.61. The van der Waals surface area contributed by atoms with Crippen molar-refractivity contribution in [2.45, 2.75) is 58.2 Å². The zero-order valence-corrected chi connectivity index (χ0v) is 10.8. The number of alkyl halides is 3. The van der Waals surface area contributed by atoms with Crippen LogP contribution in [0.1, 0.15) is 46.0 Å².